The molecule has 24 heavy (non-hydrogen) atoms. The lowest BCUT2D eigenvalue weighted by Crippen LogP contribution is -2.45. The zero-order chi connectivity index (χ0) is 17.7. The molecule has 1 aromatic carbocycles. The third kappa shape index (κ3) is 4.53. The Morgan fingerprint density at radius 3 is 2.42 bits per heavy atom. The number of hydrogen-bond donors (Lipinski definition) is 1. The Balaban J connectivity index is 2.10. The van der Waals surface area contributed by atoms with E-state index in [9.17, 15) is 8.42 Å². The van der Waals surface area contributed by atoms with Crippen molar-refractivity contribution in [1.82, 2.24) is 10.2 Å². The topological polar surface area (TPSA) is 80.2 Å². The van der Waals surface area contributed by atoms with Crippen LogP contribution in [-0.4, -0.2) is 65.6 Å². The molecule has 0 aromatic heterocycles. The summed E-state index contributed by atoms with van der Waals surface area (Å²) in [5.41, 5.74) is 2.39. The molecule has 1 aromatic rings. The van der Waals surface area contributed by atoms with Crippen LogP contribution < -0.4 is 14.8 Å². The first-order valence-electron chi connectivity index (χ1n) is 7.75. The highest BCUT2D eigenvalue weighted by Gasteiger charge is 2.21. The van der Waals surface area contributed by atoms with E-state index in [1.807, 2.05) is 12.1 Å². The molecule has 8 heteroatoms. The number of sulfone groups is 1. The van der Waals surface area contributed by atoms with E-state index in [0.29, 0.717) is 24.8 Å². The summed E-state index contributed by atoms with van der Waals surface area (Å²) < 4.78 is 33.2. The predicted molar refractivity (Wildman–Crippen MR) is 94.7 cm³/mol. The van der Waals surface area contributed by atoms with Gasteiger partial charge in [-0.25, -0.2) is 8.42 Å². The van der Waals surface area contributed by atoms with Crippen molar-refractivity contribution in [2.75, 3.05) is 46.4 Å². The van der Waals surface area contributed by atoms with Crippen LogP contribution in [0.5, 0.6) is 11.5 Å². The molecule has 0 radical (unpaired) electrons. The fourth-order valence-electron chi connectivity index (χ4n) is 2.74. The fourth-order valence-corrected chi connectivity index (χ4v) is 3.22. The molecule has 0 saturated carbocycles. The van der Waals surface area contributed by atoms with Crippen molar-refractivity contribution in [2.45, 2.75) is 13.0 Å². The zero-order valence-electron chi connectivity index (χ0n) is 14.6. The van der Waals surface area contributed by atoms with Crippen molar-refractivity contribution >= 4 is 15.8 Å². The maximum absolute atomic E-state index is 11.3. The van der Waals surface area contributed by atoms with Crippen molar-refractivity contribution in [1.29, 1.82) is 0 Å². The molecule has 2 rings (SSSR count). The van der Waals surface area contributed by atoms with Gasteiger partial charge in [0.2, 0.25) is 0 Å². The largest absolute Gasteiger partial charge is 0.493 e. The Morgan fingerprint density at radius 1 is 1.25 bits per heavy atom. The van der Waals surface area contributed by atoms with E-state index in [2.05, 4.69) is 15.2 Å². The van der Waals surface area contributed by atoms with Crippen molar-refractivity contribution in [2.24, 2.45) is 4.99 Å². The first-order valence-corrected chi connectivity index (χ1v) is 9.81. The smallest absolute Gasteiger partial charge is 0.193 e. The van der Waals surface area contributed by atoms with E-state index in [4.69, 9.17) is 9.47 Å². The van der Waals surface area contributed by atoms with Crippen LogP contribution >= 0.6 is 0 Å². The van der Waals surface area contributed by atoms with Gasteiger partial charge in [0.1, 0.15) is 9.84 Å². The van der Waals surface area contributed by atoms with Gasteiger partial charge in [0.15, 0.2) is 17.5 Å². The molecule has 134 valence electrons. The molecule has 0 saturated heterocycles. The Labute approximate surface area is 143 Å². The normalized spacial score (nSPS) is 15.0. The maximum atomic E-state index is 11.3. The molecule has 0 amide bonds. The number of methoxy groups -OCH3 is 2. The van der Waals surface area contributed by atoms with Crippen LogP contribution in [0.2, 0.25) is 0 Å². The quantitative estimate of drug-likeness (QED) is 0.618. The molecule has 0 spiro atoms. The van der Waals surface area contributed by atoms with E-state index in [1.54, 1.807) is 21.3 Å². The minimum Gasteiger partial charge on any atom is -0.493 e. The average molecular weight is 355 g/mol. The maximum Gasteiger partial charge on any atom is 0.193 e. The Kier molecular flexibility index (Phi) is 5.93. The highest BCUT2D eigenvalue weighted by atomic mass is 32.2. The third-order valence-corrected chi connectivity index (χ3v) is 4.93. The van der Waals surface area contributed by atoms with Crippen LogP contribution in [0.1, 0.15) is 11.1 Å². The molecule has 0 bridgehead atoms. The number of rotatable bonds is 5. The van der Waals surface area contributed by atoms with Crippen LogP contribution in [0.25, 0.3) is 0 Å². The Bertz CT molecular complexity index is 716. The van der Waals surface area contributed by atoms with Gasteiger partial charge in [-0.1, -0.05) is 0 Å². The van der Waals surface area contributed by atoms with Crippen LogP contribution in [0.4, 0.5) is 0 Å². The second-order valence-electron chi connectivity index (χ2n) is 5.75. The lowest BCUT2D eigenvalue weighted by atomic mass is 9.99. The van der Waals surface area contributed by atoms with Gasteiger partial charge in [-0.2, -0.15) is 0 Å². The Hall–Kier alpha value is -1.96. The molecule has 1 aliphatic heterocycles. The lowest BCUT2D eigenvalue weighted by molar-refractivity contribution is 0.346. The highest BCUT2D eigenvalue weighted by molar-refractivity contribution is 7.90. The molecule has 0 fully saturated rings. The molecular formula is C16H25N3O4S. The van der Waals surface area contributed by atoms with Gasteiger partial charge in [-0.3, -0.25) is 4.99 Å². The molecule has 7 nitrogen and oxygen atoms in total. The van der Waals surface area contributed by atoms with Crippen LogP contribution in [0.3, 0.4) is 0 Å². The number of benzene rings is 1. The van der Waals surface area contributed by atoms with Crippen LogP contribution in [0, 0.1) is 0 Å². The van der Waals surface area contributed by atoms with Gasteiger partial charge >= 0.3 is 0 Å². The fraction of sp³-hybridized carbons (Fsp3) is 0.562. The first kappa shape index (κ1) is 18.4. The second-order valence-corrected chi connectivity index (χ2v) is 8.01. The molecule has 1 heterocycles. The Morgan fingerprint density at radius 2 is 1.88 bits per heavy atom. The van der Waals surface area contributed by atoms with Gasteiger partial charge in [0.25, 0.3) is 0 Å². The number of guanidine groups is 1. The SMILES string of the molecule is CN=C(NCCS(C)(=O)=O)N1CCc2cc(OC)c(OC)cc2C1. The van der Waals surface area contributed by atoms with Gasteiger partial charge in [0.05, 0.1) is 20.0 Å². The van der Waals surface area contributed by atoms with E-state index < -0.39 is 9.84 Å². The number of ether oxygens (including phenoxy) is 2. The summed E-state index contributed by atoms with van der Waals surface area (Å²) in [4.78, 5) is 6.37. The highest BCUT2D eigenvalue weighted by Crippen LogP contribution is 2.33. The lowest BCUT2D eigenvalue weighted by Gasteiger charge is -2.32. The summed E-state index contributed by atoms with van der Waals surface area (Å²) in [6, 6.07) is 4.01. The van der Waals surface area contributed by atoms with Crippen LogP contribution in [0.15, 0.2) is 17.1 Å². The summed E-state index contributed by atoms with van der Waals surface area (Å²) in [6.45, 7) is 1.84. The van der Waals surface area contributed by atoms with Crippen molar-refractivity contribution in [3.8, 4) is 11.5 Å². The second kappa shape index (κ2) is 7.74. The molecular weight excluding hydrogens is 330 g/mol. The van der Waals surface area contributed by atoms with Crippen molar-refractivity contribution in [3.63, 3.8) is 0 Å². The van der Waals surface area contributed by atoms with Crippen molar-refractivity contribution < 1.29 is 17.9 Å². The first-order chi connectivity index (χ1) is 11.4. The van der Waals surface area contributed by atoms with Gasteiger partial charge < -0.3 is 19.7 Å². The number of hydrogen-bond acceptors (Lipinski definition) is 5. The number of nitrogens with one attached hydrogen (secondary N) is 1. The standard InChI is InChI=1S/C16H25N3O4S/c1-17-16(18-6-8-24(4,20)21)19-7-5-12-9-14(22-2)15(23-3)10-13(12)11-19/h9-10H,5-8,11H2,1-4H3,(H,17,18). The van der Waals surface area contributed by atoms with Crippen molar-refractivity contribution in [3.05, 3.63) is 23.3 Å². The number of nitrogens with zero attached hydrogens (tertiary/aromatic N) is 2. The third-order valence-electron chi connectivity index (χ3n) is 3.99. The van der Waals surface area contributed by atoms with Gasteiger partial charge in [0, 0.05) is 32.9 Å². The number of aliphatic imine (C=N–C) groups is 1. The van der Waals surface area contributed by atoms with E-state index in [1.165, 1.54) is 11.8 Å². The molecule has 0 aliphatic carbocycles. The van der Waals surface area contributed by atoms with Gasteiger partial charge in [-0.05, 0) is 29.7 Å². The van der Waals surface area contributed by atoms with E-state index >= 15 is 0 Å². The molecule has 0 unspecified atom stereocenters. The number of fused-ring (bicyclic) bond motifs is 1. The van der Waals surface area contributed by atoms with Crippen LogP contribution in [-0.2, 0) is 22.8 Å². The minimum absolute atomic E-state index is 0.0848. The average Bonchev–Trinajstić information content (AvgIpc) is 2.56. The van der Waals surface area contributed by atoms with E-state index in [-0.39, 0.29) is 5.75 Å². The summed E-state index contributed by atoms with van der Waals surface area (Å²) in [5, 5.41) is 3.12. The monoisotopic (exact) mass is 355 g/mol. The van der Waals surface area contributed by atoms with Gasteiger partial charge in [-0.15, -0.1) is 0 Å². The minimum atomic E-state index is -2.99. The molecule has 1 N–H and O–H groups in total. The summed E-state index contributed by atoms with van der Waals surface area (Å²) in [7, 11) is 1.96. The summed E-state index contributed by atoms with van der Waals surface area (Å²) in [6.07, 6.45) is 2.09. The van der Waals surface area contributed by atoms with E-state index in [0.717, 1.165) is 24.3 Å². The zero-order valence-corrected chi connectivity index (χ0v) is 15.4. The predicted octanol–water partition coefficient (Wildman–Crippen LogP) is 0.682. The summed E-state index contributed by atoms with van der Waals surface area (Å²) in [5.74, 6) is 2.24. The molecule has 1 aliphatic rings. The molecule has 0 atom stereocenters. The summed E-state index contributed by atoms with van der Waals surface area (Å²) >= 11 is 0.